The lowest BCUT2D eigenvalue weighted by Crippen LogP contribution is -1.88. The maximum Gasteiger partial charge on any atom is 0.0424 e. The average molecular weight is 274 g/mol. The van der Waals surface area contributed by atoms with Crippen LogP contribution >= 0.6 is 0 Å². The molecular formula is C21H22. The summed E-state index contributed by atoms with van der Waals surface area (Å²) in [5.74, 6) is 7.31. The zero-order valence-electron chi connectivity index (χ0n) is 12.8. The van der Waals surface area contributed by atoms with E-state index < -0.39 is 0 Å². The Morgan fingerprint density at radius 2 is 1.43 bits per heavy atom. The van der Waals surface area contributed by atoms with Crippen LogP contribution in [0.4, 0.5) is 0 Å². The molecule has 0 aliphatic heterocycles. The van der Waals surface area contributed by atoms with E-state index in [0.29, 0.717) is 11.8 Å². The number of allylic oxidation sites excluding steroid dienone is 2. The van der Waals surface area contributed by atoms with E-state index >= 15 is 0 Å². The van der Waals surface area contributed by atoms with E-state index in [1.807, 2.05) is 6.07 Å². The summed E-state index contributed by atoms with van der Waals surface area (Å²) in [6.07, 6.45) is 5.22. The van der Waals surface area contributed by atoms with Gasteiger partial charge in [0, 0.05) is 12.3 Å². The van der Waals surface area contributed by atoms with Gasteiger partial charge in [-0.2, -0.15) is 0 Å². The maximum atomic E-state index is 3.31. The van der Waals surface area contributed by atoms with Gasteiger partial charge in [0.1, 0.15) is 0 Å². The van der Waals surface area contributed by atoms with Crippen molar-refractivity contribution in [2.24, 2.45) is 0 Å². The second-order valence-corrected chi connectivity index (χ2v) is 5.29. The third-order valence-electron chi connectivity index (χ3n) is 3.59. The fourth-order valence-corrected chi connectivity index (χ4v) is 2.24. The molecule has 2 aromatic carbocycles. The van der Waals surface area contributed by atoms with Crippen LogP contribution < -0.4 is 0 Å². The summed E-state index contributed by atoms with van der Waals surface area (Å²) in [5.41, 5.74) is 2.63. The molecule has 0 aromatic heterocycles. The Hall–Kier alpha value is -2.26. The summed E-state index contributed by atoms with van der Waals surface area (Å²) in [4.78, 5) is 0. The molecule has 0 heterocycles. The molecule has 0 saturated heterocycles. The molecule has 0 aliphatic rings. The molecule has 2 rings (SSSR count). The van der Waals surface area contributed by atoms with Gasteiger partial charge < -0.3 is 0 Å². The Morgan fingerprint density at radius 1 is 0.857 bits per heavy atom. The Morgan fingerprint density at radius 3 is 2.05 bits per heavy atom. The van der Waals surface area contributed by atoms with Crippen molar-refractivity contribution < 1.29 is 0 Å². The van der Waals surface area contributed by atoms with Crippen LogP contribution in [0.5, 0.6) is 0 Å². The highest BCUT2D eigenvalue weighted by Gasteiger charge is 1.99. The normalized spacial score (nSPS) is 13.4. The van der Waals surface area contributed by atoms with Crippen LogP contribution in [0.2, 0.25) is 0 Å². The van der Waals surface area contributed by atoms with Crippen LogP contribution in [-0.4, -0.2) is 0 Å². The van der Waals surface area contributed by atoms with Gasteiger partial charge in [-0.15, -0.1) is 0 Å². The lowest BCUT2D eigenvalue weighted by molar-refractivity contribution is 0.962. The predicted molar refractivity (Wildman–Crippen MR) is 91.2 cm³/mol. The molecule has 0 N–H and O–H groups in total. The molecule has 0 aliphatic carbocycles. The highest BCUT2D eigenvalue weighted by Crippen LogP contribution is 2.16. The van der Waals surface area contributed by atoms with Crippen molar-refractivity contribution in [3.8, 4) is 11.8 Å². The minimum atomic E-state index is 0.297. The Bertz CT molecular complexity index is 611. The highest BCUT2D eigenvalue weighted by atomic mass is 14.0. The first-order chi connectivity index (χ1) is 10.3. The van der Waals surface area contributed by atoms with E-state index in [1.54, 1.807) is 0 Å². The fraction of sp³-hybridized carbons (Fsp3) is 0.238. The van der Waals surface area contributed by atoms with Crippen molar-refractivity contribution in [3.05, 3.63) is 83.9 Å². The summed E-state index contributed by atoms with van der Waals surface area (Å²) in [6, 6.07) is 21.0. The van der Waals surface area contributed by atoms with E-state index in [4.69, 9.17) is 0 Å². The summed E-state index contributed by atoms with van der Waals surface area (Å²) in [6.45, 7) is 4.37. The molecule has 0 bridgehead atoms. The standard InChI is InChI=1S/C21H22/c1-18(20-14-8-4-9-15-20)12-6-3-7-13-19(2)21-16-10-5-11-17-21/h4-6,8-12,14-19H,3H2,1-2H3/b12-6+. The molecule has 2 atom stereocenters. The third-order valence-corrected chi connectivity index (χ3v) is 3.59. The van der Waals surface area contributed by atoms with Crippen molar-refractivity contribution in [1.29, 1.82) is 0 Å². The highest BCUT2D eigenvalue weighted by molar-refractivity contribution is 5.27. The number of hydrogen-bond donors (Lipinski definition) is 0. The second kappa shape index (κ2) is 8.12. The first-order valence-corrected chi connectivity index (χ1v) is 7.52. The van der Waals surface area contributed by atoms with Gasteiger partial charge in [0.25, 0.3) is 0 Å². The number of benzene rings is 2. The van der Waals surface area contributed by atoms with Gasteiger partial charge in [-0.25, -0.2) is 0 Å². The zero-order valence-corrected chi connectivity index (χ0v) is 12.8. The molecule has 0 heteroatoms. The Kier molecular flexibility index (Phi) is 5.85. The molecule has 0 spiro atoms. The summed E-state index contributed by atoms with van der Waals surface area (Å²) in [5, 5.41) is 0. The smallest absolute Gasteiger partial charge is 0.0424 e. The SMILES string of the molecule is CC(C#CC/C=C/C(C)c1ccccc1)c1ccccc1. The summed E-state index contributed by atoms with van der Waals surface area (Å²) >= 11 is 0. The monoisotopic (exact) mass is 274 g/mol. The fourth-order valence-electron chi connectivity index (χ4n) is 2.24. The topological polar surface area (TPSA) is 0 Å². The van der Waals surface area contributed by atoms with Crippen molar-refractivity contribution in [2.75, 3.05) is 0 Å². The molecule has 21 heavy (non-hydrogen) atoms. The maximum absolute atomic E-state index is 3.31. The van der Waals surface area contributed by atoms with E-state index in [-0.39, 0.29) is 0 Å². The molecule has 2 aromatic rings. The van der Waals surface area contributed by atoms with Gasteiger partial charge in [0.2, 0.25) is 0 Å². The van der Waals surface area contributed by atoms with Gasteiger partial charge in [-0.1, -0.05) is 91.6 Å². The molecule has 0 saturated carbocycles. The van der Waals surface area contributed by atoms with Gasteiger partial charge in [-0.3, -0.25) is 0 Å². The Labute approximate surface area is 128 Å². The molecule has 0 nitrogen and oxygen atoms in total. The minimum Gasteiger partial charge on any atom is -0.0985 e. The summed E-state index contributed by atoms with van der Waals surface area (Å²) in [7, 11) is 0. The third kappa shape index (κ3) is 4.97. The van der Waals surface area contributed by atoms with Crippen molar-refractivity contribution in [2.45, 2.75) is 32.1 Å². The quantitative estimate of drug-likeness (QED) is 0.507. The van der Waals surface area contributed by atoms with Gasteiger partial charge in [-0.05, 0) is 24.0 Å². The first kappa shape index (κ1) is 15.1. The van der Waals surface area contributed by atoms with Crippen LogP contribution in [-0.2, 0) is 0 Å². The molecule has 0 amide bonds. The second-order valence-electron chi connectivity index (χ2n) is 5.29. The van der Waals surface area contributed by atoms with Crippen LogP contribution in [0.3, 0.4) is 0 Å². The lowest BCUT2D eigenvalue weighted by Gasteiger charge is -2.05. The van der Waals surface area contributed by atoms with E-state index in [1.165, 1.54) is 11.1 Å². The molecule has 0 fully saturated rings. The largest absolute Gasteiger partial charge is 0.0985 e. The minimum absolute atomic E-state index is 0.297. The number of rotatable bonds is 4. The van der Waals surface area contributed by atoms with E-state index in [0.717, 1.165) is 6.42 Å². The first-order valence-electron chi connectivity index (χ1n) is 7.52. The van der Waals surface area contributed by atoms with E-state index in [9.17, 15) is 0 Å². The molecular weight excluding hydrogens is 252 g/mol. The van der Waals surface area contributed by atoms with Crippen LogP contribution in [0, 0.1) is 11.8 Å². The van der Waals surface area contributed by atoms with Crippen LogP contribution in [0.1, 0.15) is 43.2 Å². The van der Waals surface area contributed by atoms with Gasteiger partial charge >= 0.3 is 0 Å². The van der Waals surface area contributed by atoms with Crippen LogP contribution in [0.25, 0.3) is 0 Å². The zero-order chi connectivity index (χ0) is 14.9. The lowest BCUT2D eigenvalue weighted by atomic mass is 10.0. The van der Waals surface area contributed by atoms with Crippen molar-refractivity contribution in [1.82, 2.24) is 0 Å². The molecule has 0 radical (unpaired) electrons. The number of hydrogen-bond acceptors (Lipinski definition) is 0. The average Bonchev–Trinajstić information content (AvgIpc) is 2.55. The molecule has 2 unspecified atom stereocenters. The van der Waals surface area contributed by atoms with Crippen molar-refractivity contribution >= 4 is 0 Å². The summed E-state index contributed by atoms with van der Waals surface area (Å²) < 4.78 is 0. The van der Waals surface area contributed by atoms with Gasteiger partial charge in [0.15, 0.2) is 0 Å². The Balaban J connectivity index is 1.85. The van der Waals surface area contributed by atoms with E-state index in [2.05, 4.69) is 92.4 Å². The van der Waals surface area contributed by atoms with Crippen molar-refractivity contribution in [3.63, 3.8) is 0 Å². The van der Waals surface area contributed by atoms with Crippen LogP contribution in [0.15, 0.2) is 72.8 Å². The molecule has 106 valence electrons. The van der Waals surface area contributed by atoms with Gasteiger partial charge in [0.05, 0.1) is 0 Å². The predicted octanol–water partition coefficient (Wildman–Crippen LogP) is 5.54.